The summed E-state index contributed by atoms with van der Waals surface area (Å²) in [6.45, 7) is -0.739. The van der Waals surface area contributed by atoms with Gasteiger partial charge in [-0.2, -0.15) is 9.97 Å². The van der Waals surface area contributed by atoms with Crippen LogP contribution in [0.25, 0.3) is 11.2 Å². The molecule has 16 heteroatoms. The number of nitrogen functional groups attached to an aromatic ring is 1. The quantitative estimate of drug-likeness (QED) is 0.281. The number of alkyl halides is 1. The van der Waals surface area contributed by atoms with E-state index in [0.717, 1.165) is 0 Å². The monoisotopic (exact) mass is 549 g/mol. The molecule has 11 nitrogen and oxygen atoms in total. The first-order valence-electron chi connectivity index (χ1n) is 10.1. The summed E-state index contributed by atoms with van der Waals surface area (Å²) in [7, 11) is 0. The van der Waals surface area contributed by atoms with Crippen LogP contribution in [0.2, 0.25) is 10.3 Å². The minimum Gasteiger partial charge on any atom is -0.479 e. The van der Waals surface area contributed by atoms with Gasteiger partial charge in [0.05, 0.1) is 19.0 Å². The molecule has 3 aromatic rings. The second-order valence-corrected chi connectivity index (χ2v) is 8.65. The molecule has 1 aliphatic heterocycles. The molecule has 0 aliphatic carbocycles. The lowest BCUT2D eigenvalue weighted by Gasteiger charge is -2.27. The normalized spacial score (nSPS) is 20.2. The third-order valence-electron chi connectivity index (χ3n) is 5.56. The number of nitrogens with two attached hydrogens (primary N) is 1. The maximum atomic E-state index is 14.9. The van der Waals surface area contributed by atoms with Crippen molar-refractivity contribution in [3.63, 3.8) is 0 Å². The molecular weight excluding hydrogens is 534 g/mol. The van der Waals surface area contributed by atoms with Crippen LogP contribution in [0.3, 0.4) is 0 Å². The Labute approximate surface area is 209 Å². The lowest BCUT2D eigenvalue weighted by molar-refractivity contribution is -0.188. The summed E-state index contributed by atoms with van der Waals surface area (Å²) in [6.07, 6.45) is -4.50. The summed E-state index contributed by atoms with van der Waals surface area (Å²) in [5.74, 6) is -6.63. The maximum absolute atomic E-state index is 14.9. The first-order chi connectivity index (χ1) is 16.9. The number of aliphatic carboxylic acids is 2. The average molecular weight is 550 g/mol. The molecule has 1 aromatic carbocycles. The summed E-state index contributed by atoms with van der Waals surface area (Å²) in [4.78, 5) is 35.6. The molecule has 1 saturated heterocycles. The van der Waals surface area contributed by atoms with Crippen molar-refractivity contribution in [1.29, 1.82) is 0 Å². The number of fused-ring (bicyclic) bond motifs is 1. The second kappa shape index (κ2) is 9.69. The SMILES string of the molecule is Nc1nc(Cl)nc2c1ncn2C1OC(COC(Cc2c(F)cc(Cl)cc2F)(C(=O)O)C(=O)O)CC1F. The van der Waals surface area contributed by atoms with E-state index in [1.54, 1.807) is 0 Å². The molecule has 4 N–H and O–H groups in total. The van der Waals surface area contributed by atoms with Crippen molar-refractivity contribution >= 4 is 52.1 Å². The number of benzene rings is 1. The molecule has 0 radical (unpaired) electrons. The van der Waals surface area contributed by atoms with Gasteiger partial charge < -0.3 is 25.4 Å². The molecule has 3 atom stereocenters. The van der Waals surface area contributed by atoms with Gasteiger partial charge in [-0.05, 0) is 23.7 Å². The molecule has 192 valence electrons. The Bertz CT molecular complexity index is 1320. The fraction of sp³-hybridized carbons (Fsp3) is 0.350. The number of hydrogen-bond acceptors (Lipinski definition) is 8. The number of rotatable bonds is 8. The van der Waals surface area contributed by atoms with Gasteiger partial charge in [-0.1, -0.05) is 11.6 Å². The number of nitrogens with zero attached hydrogens (tertiary/aromatic N) is 4. The van der Waals surface area contributed by atoms with E-state index >= 15 is 0 Å². The van der Waals surface area contributed by atoms with E-state index in [2.05, 4.69) is 15.0 Å². The van der Waals surface area contributed by atoms with Crippen LogP contribution in [0, 0.1) is 11.6 Å². The van der Waals surface area contributed by atoms with Gasteiger partial charge in [-0.3, -0.25) is 4.57 Å². The highest BCUT2D eigenvalue weighted by Gasteiger charge is 2.51. The first-order valence-corrected chi connectivity index (χ1v) is 10.9. The Morgan fingerprint density at radius 3 is 2.47 bits per heavy atom. The van der Waals surface area contributed by atoms with Crippen molar-refractivity contribution in [1.82, 2.24) is 19.5 Å². The van der Waals surface area contributed by atoms with Gasteiger partial charge in [0, 0.05) is 23.4 Å². The van der Waals surface area contributed by atoms with Crippen LogP contribution in [-0.2, 0) is 25.5 Å². The van der Waals surface area contributed by atoms with Crippen LogP contribution < -0.4 is 5.73 Å². The van der Waals surface area contributed by atoms with E-state index in [9.17, 15) is 33.0 Å². The predicted molar refractivity (Wildman–Crippen MR) is 117 cm³/mol. The van der Waals surface area contributed by atoms with Crippen molar-refractivity contribution in [2.45, 2.75) is 36.9 Å². The fourth-order valence-corrected chi connectivity index (χ4v) is 4.15. The Kier molecular flexibility index (Phi) is 6.96. The Morgan fingerprint density at radius 1 is 1.22 bits per heavy atom. The number of carbonyl (C=O) groups is 2. The molecule has 3 unspecified atom stereocenters. The van der Waals surface area contributed by atoms with Crippen molar-refractivity contribution < 1.29 is 42.4 Å². The third-order valence-corrected chi connectivity index (χ3v) is 5.95. The summed E-state index contributed by atoms with van der Waals surface area (Å²) in [6, 6.07) is 1.40. The van der Waals surface area contributed by atoms with Gasteiger partial charge in [0.25, 0.3) is 5.60 Å². The number of halogens is 5. The zero-order chi connectivity index (χ0) is 26.4. The molecular formula is C20H16Cl2F3N5O6. The minimum atomic E-state index is -3.11. The lowest BCUT2D eigenvalue weighted by Crippen LogP contribution is -2.52. The van der Waals surface area contributed by atoms with Crippen LogP contribution in [-0.4, -0.2) is 66.2 Å². The zero-order valence-electron chi connectivity index (χ0n) is 17.9. The van der Waals surface area contributed by atoms with Crippen LogP contribution in [0.4, 0.5) is 19.0 Å². The molecule has 0 bridgehead atoms. The smallest absolute Gasteiger partial charge is 0.348 e. The van der Waals surface area contributed by atoms with E-state index in [4.69, 9.17) is 38.4 Å². The van der Waals surface area contributed by atoms with Crippen LogP contribution in [0.5, 0.6) is 0 Å². The Balaban J connectivity index is 1.56. The molecule has 36 heavy (non-hydrogen) atoms. The molecule has 4 rings (SSSR count). The van der Waals surface area contributed by atoms with Gasteiger partial charge in [-0.15, -0.1) is 0 Å². The number of aromatic nitrogens is 4. The van der Waals surface area contributed by atoms with Gasteiger partial charge >= 0.3 is 11.9 Å². The van der Waals surface area contributed by atoms with Crippen LogP contribution >= 0.6 is 23.2 Å². The number of carboxylic acids is 2. The van der Waals surface area contributed by atoms with Crippen molar-refractivity contribution in [2.75, 3.05) is 12.3 Å². The standard InChI is InChI=1S/C20H16Cl2F3N5O6/c21-7-1-10(23)9(11(24)2-7)4-20(17(31)32,18(33)34)35-5-8-3-12(25)16(36-8)30-6-27-13-14(26)28-19(22)29-15(13)30/h1-2,6,8,12,16H,3-5H2,(H,31,32)(H,33,34)(H2,26,28,29). The molecule has 0 saturated carbocycles. The van der Waals surface area contributed by atoms with Gasteiger partial charge in [0.15, 0.2) is 17.7 Å². The van der Waals surface area contributed by atoms with Crippen LogP contribution in [0.1, 0.15) is 18.2 Å². The van der Waals surface area contributed by atoms with Gasteiger partial charge in [-0.25, -0.2) is 27.7 Å². The third kappa shape index (κ3) is 4.64. The highest BCUT2D eigenvalue weighted by Crippen LogP contribution is 2.35. The summed E-state index contributed by atoms with van der Waals surface area (Å²) in [5, 5.41) is 18.8. The van der Waals surface area contributed by atoms with Crippen LogP contribution in [0.15, 0.2) is 18.5 Å². The fourth-order valence-electron chi connectivity index (χ4n) is 3.79. The molecule has 2 aromatic heterocycles. The van der Waals surface area contributed by atoms with E-state index in [-0.39, 0.29) is 33.7 Å². The van der Waals surface area contributed by atoms with Crippen molar-refractivity contribution in [3.8, 4) is 0 Å². The topological polar surface area (TPSA) is 163 Å². The first kappa shape index (κ1) is 25.9. The summed E-state index contributed by atoms with van der Waals surface area (Å²) >= 11 is 11.4. The van der Waals surface area contributed by atoms with E-state index in [1.165, 1.54) is 10.9 Å². The number of anilines is 1. The molecule has 0 amide bonds. The maximum Gasteiger partial charge on any atom is 0.348 e. The van der Waals surface area contributed by atoms with Crippen molar-refractivity contribution in [2.24, 2.45) is 0 Å². The van der Waals surface area contributed by atoms with Gasteiger partial charge in [0.2, 0.25) is 5.28 Å². The number of ether oxygens (including phenoxy) is 2. The van der Waals surface area contributed by atoms with E-state index < -0.39 is 66.3 Å². The van der Waals surface area contributed by atoms with Gasteiger partial charge in [0.1, 0.15) is 23.3 Å². The van der Waals surface area contributed by atoms with E-state index in [0.29, 0.717) is 12.1 Å². The average Bonchev–Trinajstić information content (AvgIpc) is 3.35. The molecule has 0 spiro atoms. The zero-order valence-corrected chi connectivity index (χ0v) is 19.4. The highest BCUT2D eigenvalue weighted by atomic mass is 35.5. The van der Waals surface area contributed by atoms with Crippen molar-refractivity contribution in [3.05, 3.63) is 46.0 Å². The number of hydrogen-bond donors (Lipinski definition) is 3. The predicted octanol–water partition coefficient (Wildman–Crippen LogP) is 2.79. The largest absolute Gasteiger partial charge is 0.479 e. The second-order valence-electron chi connectivity index (χ2n) is 7.88. The molecule has 1 aliphatic rings. The van der Waals surface area contributed by atoms with E-state index in [1.807, 2.05) is 0 Å². The summed E-state index contributed by atoms with van der Waals surface area (Å²) < 4.78 is 55.4. The Hall–Kier alpha value is -3.20. The minimum absolute atomic E-state index is 0.0496. The Morgan fingerprint density at radius 2 is 1.86 bits per heavy atom. The lowest BCUT2D eigenvalue weighted by atomic mass is 9.93. The summed E-state index contributed by atoms with van der Waals surface area (Å²) in [5.41, 5.74) is 1.97. The number of imidazole rings is 1. The molecule has 3 heterocycles. The number of carboxylic acid groups (broad SMARTS) is 2. The molecule has 1 fully saturated rings. The highest BCUT2D eigenvalue weighted by molar-refractivity contribution is 6.30.